The Bertz CT molecular complexity index is 408. The Kier molecular flexibility index (Phi) is 4.28. The molecule has 0 fully saturated rings. The average Bonchev–Trinajstić information content (AvgIpc) is 2.80. The van der Waals surface area contributed by atoms with E-state index in [1.807, 2.05) is 13.8 Å². The molecule has 18 heavy (non-hydrogen) atoms. The monoisotopic (exact) mass is 253 g/mol. The van der Waals surface area contributed by atoms with Crippen LogP contribution in [0.4, 0.5) is 0 Å². The second-order valence-corrected chi connectivity index (χ2v) is 4.28. The summed E-state index contributed by atoms with van der Waals surface area (Å²) >= 11 is 0. The van der Waals surface area contributed by atoms with Crippen LogP contribution < -0.4 is 14.8 Å². The van der Waals surface area contributed by atoms with Crippen LogP contribution in [0.25, 0.3) is 0 Å². The van der Waals surface area contributed by atoms with Crippen molar-refractivity contribution in [3.8, 4) is 17.2 Å². The molecule has 1 heterocycles. The van der Waals surface area contributed by atoms with Gasteiger partial charge in [-0.3, -0.25) is 0 Å². The molecule has 1 aliphatic rings. The molecule has 0 aromatic heterocycles. The summed E-state index contributed by atoms with van der Waals surface area (Å²) < 4.78 is 15.8. The first kappa shape index (κ1) is 13.0. The van der Waals surface area contributed by atoms with Crippen LogP contribution >= 0.6 is 0 Å². The Labute approximate surface area is 107 Å². The smallest absolute Gasteiger partial charge is 0.231 e. The number of phenols is 1. The zero-order valence-electron chi connectivity index (χ0n) is 10.7. The molecule has 0 bridgehead atoms. The van der Waals surface area contributed by atoms with E-state index < -0.39 is 0 Å². The van der Waals surface area contributed by atoms with Gasteiger partial charge in [0.05, 0.1) is 6.61 Å². The predicted octanol–water partition coefficient (Wildman–Crippen LogP) is 1.64. The molecule has 0 aliphatic carbocycles. The van der Waals surface area contributed by atoms with E-state index in [1.165, 1.54) is 0 Å². The Hall–Kier alpha value is -1.46. The zero-order chi connectivity index (χ0) is 13.0. The van der Waals surface area contributed by atoms with Crippen LogP contribution in [0.2, 0.25) is 0 Å². The molecule has 2 rings (SSSR count). The van der Waals surface area contributed by atoms with Crippen LogP contribution in [0.15, 0.2) is 12.1 Å². The minimum absolute atomic E-state index is 0.215. The number of phenolic OH excluding ortho intramolecular Hbond substituents is 1. The van der Waals surface area contributed by atoms with Crippen molar-refractivity contribution < 1.29 is 19.3 Å². The third-order valence-corrected chi connectivity index (χ3v) is 2.79. The molecule has 5 heteroatoms. The van der Waals surface area contributed by atoms with Crippen LogP contribution in [0.3, 0.4) is 0 Å². The lowest BCUT2D eigenvalue weighted by molar-refractivity contribution is 0.127. The number of aromatic hydroxyl groups is 1. The van der Waals surface area contributed by atoms with Crippen molar-refractivity contribution in [1.82, 2.24) is 5.32 Å². The van der Waals surface area contributed by atoms with Crippen LogP contribution in [-0.4, -0.2) is 31.2 Å². The Morgan fingerprint density at radius 2 is 2.11 bits per heavy atom. The molecule has 2 N–H and O–H groups in total. The normalized spacial score (nSPS) is 14.8. The second kappa shape index (κ2) is 5.93. The maximum atomic E-state index is 9.86. The summed E-state index contributed by atoms with van der Waals surface area (Å²) in [6.45, 7) is 6.16. The van der Waals surface area contributed by atoms with Crippen molar-refractivity contribution in [2.45, 2.75) is 26.4 Å². The molecule has 0 saturated carbocycles. The van der Waals surface area contributed by atoms with Crippen LogP contribution in [0, 0.1) is 0 Å². The first-order valence-electron chi connectivity index (χ1n) is 6.13. The van der Waals surface area contributed by atoms with Crippen molar-refractivity contribution in [2.75, 3.05) is 20.0 Å². The van der Waals surface area contributed by atoms with Crippen molar-refractivity contribution in [3.63, 3.8) is 0 Å². The van der Waals surface area contributed by atoms with E-state index in [4.69, 9.17) is 14.2 Å². The molecule has 0 spiro atoms. The fourth-order valence-corrected chi connectivity index (χ4v) is 1.75. The van der Waals surface area contributed by atoms with Crippen molar-refractivity contribution in [3.05, 3.63) is 17.7 Å². The lowest BCUT2D eigenvalue weighted by Crippen LogP contribution is -2.30. The fraction of sp³-hybridized carbons (Fsp3) is 0.538. The topological polar surface area (TPSA) is 60.0 Å². The van der Waals surface area contributed by atoms with E-state index in [0.717, 1.165) is 5.56 Å². The summed E-state index contributed by atoms with van der Waals surface area (Å²) in [5.41, 5.74) is 0.794. The van der Waals surface area contributed by atoms with Gasteiger partial charge in [0, 0.05) is 30.8 Å². The van der Waals surface area contributed by atoms with Gasteiger partial charge in [-0.2, -0.15) is 0 Å². The molecule has 1 aromatic rings. The highest BCUT2D eigenvalue weighted by Gasteiger charge is 2.17. The van der Waals surface area contributed by atoms with E-state index >= 15 is 0 Å². The molecular formula is C13H19NO4. The molecule has 1 unspecified atom stereocenters. The standard InChI is InChI=1S/C13H19NO4/c1-3-16-7-9(2)14-6-10-4-12-13(5-11(10)15)18-8-17-12/h4-5,9,14-15H,3,6-8H2,1-2H3. The van der Waals surface area contributed by atoms with Gasteiger partial charge in [0.1, 0.15) is 5.75 Å². The minimum atomic E-state index is 0.215. The highest BCUT2D eigenvalue weighted by Crippen LogP contribution is 2.37. The summed E-state index contributed by atoms with van der Waals surface area (Å²) in [6.07, 6.45) is 0. The van der Waals surface area contributed by atoms with Crippen molar-refractivity contribution in [1.29, 1.82) is 0 Å². The summed E-state index contributed by atoms with van der Waals surface area (Å²) in [6, 6.07) is 3.62. The van der Waals surface area contributed by atoms with Crippen LogP contribution in [0.5, 0.6) is 17.2 Å². The summed E-state index contributed by atoms with van der Waals surface area (Å²) in [7, 11) is 0. The van der Waals surface area contributed by atoms with E-state index in [1.54, 1.807) is 12.1 Å². The minimum Gasteiger partial charge on any atom is -0.507 e. The fourth-order valence-electron chi connectivity index (χ4n) is 1.75. The van der Waals surface area contributed by atoms with Crippen LogP contribution in [-0.2, 0) is 11.3 Å². The molecule has 1 aliphatic heterocycles. The van der Waals surface area contributed by atoms with Gasteiger partial charge < -0.3 is 24.6 Å². The number of ether oxygens (including phenoxy) is 3. The Morgan fingerprint density at radius 1 is 1.39 bits per heavy atom. The Morgan fingerprint density at radius 3 is 2.83 bits per heavy atom. The Balaban J connectivity index is 1.93. The molecule has 0 amide bonds. The van der Waals surface area contributed by atoms with Gasteiger partial charge in [-0.1, -0.05) is 0 Å². The number of fused-ring (bicyclic) bond motifs is 1. The summed E-state index contributed by atoms with van der Waals surface area (Å²) in [5, 5.41) is 13.1. The third-order valence-electron chi connectivity index (χ3n) is 2.79. The molecule has 0 saturated heterocycles. The van der Waals surface area contributed by atoms with Gasteiger partial charge >= 0.3 is 0 Å². The van der Waals surface area contributed by atoms with Gasteiger partial charge in [-0.05, 0) is 19.9 Å². The van der Waals surface area contributed by atoms with Gasteiger partial charge in [0.15, 0.2) is 11.5 Å². The zero-order valence-corrected chi connectivity index (χ0v) is 10.7. The second-order valence-electron chi connectivity index (χ2n) is 4.28. The van der Waals surface area contributed by atoms with E-state index in [-0.39, 0.29) is 18.6 Å². The number of hydrogen-bond acceptors (Lipinski definition) is 5. The van der Waals surface area contributed by atoms with E-state index in [9.17, 15) is 5.11 Å². The summed E-state index contributed by atoms with van der Waals surface area (Å²) in [5.74, 6) is 1.50. The first-order valence-corrected chi connectivity index (χ1v) is 6.13. The lowest BCUT2D eigenvalue weighted by Gasteiger charge is -2.14. The highest BCUT2D eigenvalue weighted by atomic mass is 16.7. The number of benzene rings is 1. The number of rotatable bonds is 6. The van der Waals surface area contributed by atoms with Gasteiger partial charge in [-0.25, -0.2) is 0 Å². The number of hydrogen-bond donors (Lipinski definition) is 2. The van der Waals surface area contributed by atoms with E-state index in [0.29, 0.717) is 31.3 Å². The van der Waals surface area contributed by atoms with Crippen molar-refractivity contribution >= 4 is 0 Å². The van der Waals surface area contributed by atoms with Gasteiger partial charge in [0.25, 0.3) is 0 Å². The molecule has 0 radical (unpaired) electrons. The SMILES string of the molecule is CCOCC(C)NCc1cc2c(cc1O)OCO2. The molecule has 5 nitrogen and oxygen atoms in total. The van der Waals surface area contributed by atoms with Gasteiger partial charge in [-0.15, -0.1) is 0 Å². The lowest BCUT2D eigenvalue weighted by atomic mass is 10.1. The third kappa shape index (κ3) is 3.05. The van der Waals surface area contributed by atoms with Crippen molar-refractivity contribution in [2.24, 2.45) is 0 Å². The summed E-state index contributed by atoms with van der Waals surface area (Å²) in [4.78, 5) is 0. The highest BCUT2D eigenvalue weighted by molar-refractivity contribution is 5.51. The maximum Gasteiger partial charge on any atom is 0.231 e. The number of nitrogens with one attached hydrogen (secondary N) is 1. The predicted molar refractivity (Wildman–Crippen MR) is 67.0 cm³/mol. The largest absolute Gasteiger partial charge is 0.507 e. The molecule has 1 atom stereocenters. The molecular weight excluding hydrogens is 234 g/mol. The molecule has 100 valence electrons. The molecule has 1 aromatic carbocycles. The quantitative estimate of drug-likeness (QED) is 0.807. The van der Waals surface area contributed by atoms with Crippen LogP contribution in [0.1, 0.15) is 19.4 Å². The first-order chi connectivity index (χ1) is 8.70. The van der Waals surface area contributed by atoms with Gasteiger partial charge in [0.2, 0.25) is 6.79 Å². The maximum absolute atomic E-state index is 9.86. The van der Waals surface area contributed by atoms with E-state index in [2.05, 4.69) is 5.32 Å². The average molecular weight is 253 g/mol.